The normalized spacial score (nSPS) is 25.1. The van der Waals surface area contributed by atoms with Gasteiger partial charge in [0.2, 0.25) is 11.8 Å². The van der Waals surface area contributed by atoms with E-state index >= 15 is 0 Å². The van der Waals surface area contributed by atoms with E-state index in [1.165, 1.54) is 23.8 Å². The van der Waals surface area contributed by atoms with E-state index < -0.39 is 23.8 Å². The Kier molecular flexibility index (Phi) is 5.22. The Morgan fingerprint density at radius 3 is 2.60 bits per heavy atom. The van der Waals surface area contributed by atoms with E-state index in [4.69, 9.17) is 4.74 Å². The Morgan fingerprint density at radius 1 is 1.24 bits per heavy atom. The van der Waals surface area contributed by atoms with Crippen LogP contribution in [0.5, 0.6) is 0 Å². The van der Waals surface area contributed by atoms with Crippen molar-refractivity contribution in [1.29, 1.82) is 0 Å². The Labute approximate surface area is 150 Å². The molecule has 0 spiro atoms. The molecule has 0 bridgehead atoms. The SMILES string of the molecule is CCCCSC1=N[C@@H](C(=O)OC)[C@@H]2C(=O)N(c3ccccc3)C(=O)[C@H]12. The predicted molar refractivity (Wildman–Crippen MR) is 96.5 cm³/mol. The van der Waals surface area contributed by atoms with Crippen molar-refractivity contribution in [3.8, 4) is 0 Å². The number of benzene rings is 1. The molecule has 0 unspecified atom stereocenters. The molecule has 6 nitrogen and oxygen atoms in total. The molecule has 0 aliphatic carbocycles. The van der Waals surface area contributed by atoms with E-state index in [0.29, 0.717) is 10.7 Å². The van der Waals surface area contributed by atoms with Crippen LogP contribution in [0.2, 0.25) is 0 Å². The number of anilines is 1. The van der Waals surface area contributed by atoms with Gasteiger partial charge in [0.05, 0.1) is 23.8 Å². The molecule has 1 saturated heterocycles. The lowest BCUT2D eigenvalue weighted by Crippen LogP contribution is -2.36. The second-order valence-corrected chi connectivity index (χ2v) is 7.10. The van der Waals surface area contributed by atoms with Crippen LogP contribution in [0.3, 0.4) is 0 Å². The number of methoxy groups -OCH3 is 1. The minimum atomic E-state index is -0.940. The van der Waals surface area contributed by atoms with Gasteiger partial charge in [0.25, 0.3) is 0 Å². The third kappa shape index (κ3) is 3.08. The van der Waals surface area contributed by atoms with Gasteiger partial charge in [-0.1, -0.05) is 31.5 Å². The molecular weight excluding hydrogens is 340 g/mol. The van der Waals surface area contributed by atoms with Gasteiger partial charge in [-0.05, 0) is 24.3 Å². The highest BCUT2D eigenvalue weighted by Crippen LogP contribution is 2.42. The molecule has 2 aliphatic heterocycles. The first-order valence-electron chi connectivity index (χ1n) is 8.31. The Balaban J connectivity index is 1.93. The number of esters is 1. The summed E-state index contributed by atoms with van der Waals surface area (Å²) >= 11 is 1.46. The maximum absolute atomic E-state index is 13.0. The molecular formula is C18H20N2O4S. The number of thioether (sulfide) groups is 1. The number of hydrogen-bond acceptors (Lipinski definition) is 6. The molecule has 3 atom stereocenters. The summed E-state index contributed by atoms with van der Waals surface area (Å²) in [5, 5.41) is 0.575. The molecule has 2 amide bonds. The number of ether oxygens (including phenoxy) is 1. The summed E-state index contributed by atoms with van der Waals surface area (Å²) in [7, 11) is 1.27. The molecule has 0 saturated carbocycles. The number of aliphatic imine (C=N–C) groups is 1. The van der Waals surface area contributed by atoms with Gasteiger partial charge in [0, 0.05) is 0 Å². The van der Waals surface area contributed by atoms with Crippen LogP contribution in [0, 0.1) is 11.8 Å². The number of carbonyl (C=O) groups excluding carboxylic acids is 3. The highest BCUT2D eigenvalue weighted by molar-refractivity contribution is 8.14. The van der Waals surface area contributed by atoms with Crippen molar-refractivity contribution in [2.75, 3.05) is 17.8 Å². The van der Waals surface area contributed by atoms with Crippen LogP contribution in [-0.2, 0) is 19.1 Å². The van der Waals surface area contributed by atoms with Crippen molar-refractivity contribution in [2.24, 2.45) is 16.8 Å². The molecule has 0 aromatic heterocycles. The smallest absolute Gasteiger partial charge is 0.331 e. The van der Waals surface area contributed by atoms with Crippen molar-refractivity contribution in [3.05, 3.63) is 30.3 Å². The van der Waals surface area contributed by atoms with Crippen molar-refractivity contribution < 1.29 is 19.1 Å². The van der Waals surface area contributed by atoms with Crippen LogP contribution in [0.25, 0.3) is 0 Å². The van der Waals surface area contributed by atoms with Crippen LogP contribution in [0.15, 0.2) is 35.3 Å². The van der Waals surface area contributed by atoms with Crippen molar-refractivity contribution in [2.45, 2.75) is 25.8 Å². The maximum Gasteiger partial charge on any atom is 0.331 e. The first-order valence-corrected chi connectivity index (χ1v) is 9.29. The third-order valence-electron chi connectivity index (χ3n) is 4.43. The molecule has 2 aliphatic rings. The number of amides is 2. The van der Waals surface area contributed by atoms with Crippen LogP contribution in [0.4, 0.5) is 5.69 Å². The van der Waals surface area contributed by atoms with E-state index in [2.05, 4.69) is 11.9 Å². The quantitative estimate of drug-likeness (QED) is 0.457. The second-order valence-electron chi connectivity index (χ2n) is 5.99. The molecule has 1 fully saturated rings. The van der Waals surface area contributed by atoms with E-state index in [9.17, 15) is 14.4 Å². The first-order chi connectivity index (χ1) is 12.1. The van der Waals surface area contributed by atoms with Gasteiger partial charge in [-0.3, -0.25) is 14.6 Å². The van der Waals surface area contributed by atoms with Crippen LogP contribution in [-0.4, -0.2) is 41.7 Å². The molecule has 2 heterocycles. The third-order valence-corrected chi connectivity index (χ3v) is 5.58. The summed E-state index contributed by atoms with van der Waals surface area (Å²) < 4.78 is 4.80. The summed E-state index contributed by atoms with van der Waals surface area (Å²) in [5.41, 5.74) is 0.522. The van der Waals surface area contributed by atoms with Crippen molar-refractivity contribution >= 4 is 40.3 Å². The maximum atomic E-state index is 13.0. The molecule has 1 aromatic carbocycles. The number of hydrogen-bond donors (Lipinski definition) is 0. The van der Waals surface area contributed by atoms with Gasteiger partial charge >= 0.3 is 5.97 Å². The zero-order chi connectivity index (χ0) is 18.0. The Hall–Kier alpha value is -2.15. The van der Waals surface area contributed by atoms with Gasteiger partial charge < -0.3 is 4.74 Å². The van der Waals surface area contributed by atoms with Crippen LogP contribution in [0.1, 0.15) is 19.8 Å². The standard InChI is InChI=1S/C18H20N2O4S/c1-3-4-10-25-15-13-12(14(19-15)18(23)24-2)16(21)20(17(13)22)11-8-6-5-7-9-11/h5-9,12-14H,3-4,10H2,1-2H3/t12-,13+,14-/m1/s1. The molecule has 132 valence electrons. The average Bonchev–Trinajstić information content (AvgIpc) is 3.13. The predicted octanol–water partition coefficient (Wildman–Crippen LogP) is 2.28. The monoisotopic (exact) mass is 360 g/mol. The zero-order valence-electron chi connectivity index (χ0n) is 14.2. The number of imide groups is 1. The molecule has 0 N–H and O–H groups in total. The first kappa shape index (κ1) is 17.7. The fraction of sp³-hybridized carbons (Fsp3) is 0.444. The van der Waals surface area contributed by atoms with E-state index in [-0.39, 0.29) is 11.8 Å². The van der Waals surface area contributed by atoms with Gasteiger partial charge in [-0.25, -0.2) is 9.69 Å². The second kappa shape index (κ2) is 7.39. The van der Waals surface area contributed by atoms with E-state index in [1.54, 1.807) is 24.3 Å². The number of fused-ring (bicyclic) bond motifs is 1. The Bertz CT molecular complexity index is 719. The van der Waals surface area contributed by atoms with Crippen molar-refractivity contribution in [3.63, 3.8) is 0 Å². The van der Waals surface area contributed by atoms with Gasteiger partial charge in [0.1, 0.15) is 5.92 Å². The summed E-state index contributed by atoms with van der Waals surface area (Å²) in [6, 6.07) is 7.85. The lowest BCUT2D eigenvalue weighted by Gasteiger charge is -2.17. The topological polar surface area (TPSA) is 76.0 Å². The molecule has 25 heavy (non-hydrogen) atoms. The minimum absolute atomic E-state index is 0.310. The van der Waals surface area contributed by atoms with E-state index in [0.717, 1.165) is 18.6 Å². The number of rotatable bonds is 5. The summed E-state index contributed by atoms with van der Waals surface area (Å²) in [6.07, 6.45) is 2.01. The lowest BCUT2D eigenvalue weighted by molar-refractivity contribution is -0.145. The average molecular weight is 360 g/mol. The minimum Gasteiger partial charge on any atom is -0.467 e. The van der Waals surface area contributed by atoms with Gasteiger partial charge in [-0.2, -0.15) is 0 Å². The van der Waals surface area contributed by atoms with Gasteiger partial charge in [0.15, 0.2) is 6.04 Å². The summed E-state index contributed by atoms with van der Waals surface area (Å²) in [6.45, 7) is 2.08. The highest BCUT2D eigenvalue weighted by Gasteiger charge is 2.59. The molecule has 1 aromatic rings. The zero-order valence-corrected chi connectivity index (χ0v) is 15.0. The number of unbranched alkanes of at least 4 members (excludes halogenated alkanes) is 1. The summed E-state index contributed by atoms with van der Waals surface area (Å²) in [4.78, 5) is 43.5. The van der Waals surface area contributed by atoms with Crippen LogP contribution >= 0.6 is 11.8 Å². The lowest BCUT2D eigenvalue weighted by atomic mass is 9.92. The number of carbonyl (C=O) groups is 3. The van der Waals surface area contributed by atoms with E-state index in [1.807, 2.05) is 6.07 Å². The number of para-hydroxylation sites is 1. The molecule has 7 heteroatoms. The molecule has 3 rings (SSSR count). The van der Waals surface area contributed by atoms with Crippen LogP contribution < -0.4 is 4.90 Å². The number of nitrogens with zero attached hydrogens (tertiary/aromatic N) is 2. The van der Waals surface area contributed by atoms with Gasteiger partial charge in [-0.15, -0.1) is 11.8 Å². The summed E-state index contributed by atoms with van der Waals surface area (Å²) in [5.74, 6) is -1.94. The fourth-order valence-corrected chi connectivity index (χ4v) is 4.42. The Morgan fingerprint density at radius 2 is 1.96 bits per heavy atom. The van der Waals surface area contributed by atoms with Crippen molar-refractivity contribution in [1.82, 2.24) is 0 Å². The fourth-order valence-electron chi connectivity index (χ4n) is 3.17. The largest absolute Gasteiger partial charge is 0.467 e. The highest BCUT2D eigenvalue weighted by atomic mass is 32.2. The molecule has 0 radical (unpaired) electrons.